The Balaban J connectivity index is 2.92. The third-order valence-corrected chi connectivity index (χ3v) is 3.67. The smallest absolute Gasteiger partial charge is 0.187 e. The summed E-state index contributed by atoms with van der Waals surface area (Å²) < 4.78 is 11.2. The monoisotopic (exact) mass is 334 g/mol. The fourth-order valence-electron chi connectivity index (χ4n) is 1.48. The van der Waals surface area contributed by atoms with Crippen LogP contribution in [0.1, 0.15) is 30.1 Å². The van der Waals surface area contributed by atoms with E-state index in [1.807, 2.05) is 33.1 Å². The van der Waals surface area contributed by atoms with E-state index >= 15 is 0 Å². The Hall–Kier alpha value is -0.170. The van der Waals surface area contributed by atoms with Gasteiger partial charge in [-0.25, -0.2) is 9.97 Å². The molecular formula is C12H19BrN2O2S. The lowest BCUT2D eigenvalue weighted by Gasteiger charge is -2.22. The standard InChI is InChI=1S/C12H19BrN2O2S/c1-5-16-11(17-6-2)10(13)9-7-8(3)14-12(15-9)18-4/h7,10-11H,5-6H2,1-4H3. The van der Waals surface area contributed by atoms with Gasteiger partial charge in [-0.3, -0.25) is 0 Å². The normalized spacial score (nSPS) is 13.0. The highest BCUT2D eigenvalue weighted by Crippen LogP contribution is 2.29. The van der Waals surface area contributed by atoms with Gasteiger partial charge < -0.3 is 9.47 Å². The van der Waals surface area contributed by atoms with E-state index in [1.165, 1.54) is 11.8 Å². The summed E-state index contributed by atoms with van der Waals surface area (Å²) in [7, 11) is 0. The van der Waals surface area contributed by atoms with Crippen molar-refractivity contribution in [1.29, 1.82) is 0 Å². The number of alkyl halides is 1. The van der Waals surface area contributed by atoms with Gasteiger partial charge in [-0.1, -0.05) is 27.7 Å². The Labute approximate surface area is 121 Å². The molecule has 0 aliphatic carbocycles. The first-order valence-electron chi connectivity index (χ1n) is 5.89. The lowest BCUT2D eigenvalue weighted by Crippen LogP contribution is -2.23. The molecule has 0 N–H and O–H groups in total. The number of rotatable bonds is 7. The second-order valence-electron chi connectivity index (χ2n) is 3.60. The predicted molar refractivity (Wildman–Crippen MR) is 77.3 cm³/mol. The molecule has 18 heavy (non-hydrogen) atoms. The Kier molecular flexibility index (Phi) is 7.14. The van der Waals surface area contributed by atoms with Crippen LogP contribution in [-0.2, 0) is 9.47 Å². The van der Waals surface area contributed by atoms with Gasteiger partial charge in [0.2, 0.25) is 0 Å². The van der Waals surface area contributed by atoms with Gasteiger partial charge in [0.25, 0.3) is 0 Å². The molecule has 0 aromatic carbocycles. The number of halogens is 1. The van der Waals surface area contributed by atoms with Gasteiger partial charge in [0, 0.05) is 18.9 Å². The molecule has 0 saturated heterocycles. The number of aromatic nitrogens is 2. The molecule has 0 aliphatic heterocycles. The summed E-state index contributed by atoms with van der Waals surface area (Å²) in [5.41, 5.74) is 1.83. The second kappa shape index (κ2) is 8.09. The Morgan fingerprint density at radius 1 is 1.28 bits per heavy atom. The van der Waals surface area contributed by atoms with Crippen LogP contribution in [0.25, 0.3) is 0 Å². The van der Waals surface area contributed by atoms with Crippen molar-refractivity contribution in [2.24, 2.45) is 0 Å². The molecule has 1 rings (SSSR count). The third kappa shape index (κ3) is 4.50. The summed E-state index contributed by atoms with van der Waals surface area (Å²) in [6.07, 6.45) is 1.63. The first kappa shape index (κ1) is 15.9. The maximum Gasteiger partial charge on any atom is 0.187 e. The van der Waals surface area contributed by atoms with Crippen LogP contribution < -0.4 is 0 Å². The van der Waals surface area contributed by atoms with Crippen molar-refractivity contribution in [2.45, 2.75) is 37.0 Å². The van der Waals surface area contributed by atoms with Crippen molar-refractivity contribution in [3.05, 3.63) is 17.5 Å². The van der Waals surface area contributed by atoms with Gasteiger partial charge in [-0.05, 0) is 33.1 Å². The highest BCUT2D eigenvalue weighted by Gasteiger charge is 2.23. The van der Waals surface area contributed by atoms with Crippen LogP contribution in [0.3, 0.4) is 0 Å². The number of hydrogen-bond acceptors (Lipinski definition) is 5. The minimum atomic E-state index is -0.330. The van der Waals surface area contributed by atoms with Gasteiger partial charge in [-0.15, -0.1) is 0 Å². The molecule has 0 amide bonds. The molecule has 1 heterocycles. The quantitative estimate of drug-likeness (QED) is 0.331. The first-order valence-corrected chi connectivity index (χ1v) is 8.03. The molecular weight excluding hydrogens is 316 g/mol. The average molecular weight is 335 g/mol. The van der Waals surface area contributed by atoms with Crippen LogP contribution in [0.15, 0.2) is 11.2 Å². The third-order valence-electron chi connectivity index (χ3n) is 2.22. The van der Waals surface area contributed by atoms with Gasteiger partial charge >= 0.3 is 0 Å². The van der Waals surface area contributed by atoms with Crippen LogP contribution in [-0.4, -0.2) is 35.7 Å². The number of ether oxygens (including phenoxy) is 2. The highest BCUT2D eigenvalue weighted by molar-refractivity contribution is 9.09. The predicted octanol–water partition coefficient (Wildman–Crippen LogP) is 3.34. The Bertz CT molecular complexity index is 373. The van der Waals surface area contributed by atoms with Gasteiger partial charge in [0.05, 0.1) is 5.69 Å². The van der Waals surface area contributed by atoms with E-state index in [1.54, 1.807) is 0 Å². The molecule has 1 unspecified atom stereocenters. The van der Waals surface area contributed by atoms with Crippen molar-refractivity contribution < 1.29 is 9.47 Å². The molecule has 0 aliphatic rings. The molecule has 0 bridgehead atoms. The minimum absolute atomic E-state index is 0.0926. The van der Waals surface area contributed by atoms with E-state index in [4.69, 9.17) is 9.47 Å². The SMILES string of the molecule is CCOC(OCC)C(Br)c1cc(C)nc(SC)n1. The lowest BCUT2D eigenvalue weighted by molar-refractivity contribution is -0.135. The van der Waals surface area contributed by atoms with Crippen LogP contribution in [0.5, 0.6) is 0 Å². The van der Waals surface area contributed by atoms with Crippen LogP contribution in [0.2, 0.25) is 0 Å². The summed E-state index contributed by atoms with van der Waals surface area (Å²) >= 11 is 5.13. The lowest BCUT2D eigenvalue weighted by atomic mass is 10.2. The zero-order chi connectivity index (χ0) is 13.5. The summed E-state index contributed by atoms with van der Waals surface area (Å²) in [6.45, 7) is 7.06. The van der Waals surface area contributed by atoms with Crippen LogP contribution >= 0.6 is 27.7 Å². The van der Waals surface area contributed by atoms with E-state index in [-0.39, 0.29) is 11.1 Å². The number of aryl methyl sites for hydroxylation is 1. The topological polar surface area (TPSA) is 44.2 Å². The molecule has 6 heteroatoms. The number of nitrogens with zero attached hydrogens (tertiary/aromatic N) is 2. The molecule has 0 saturated carbocycles. The largest absolute Gasteiger partial charge is 0.351 e. The molecule has 102 valence electrons. The van der Waals surface area contributed by atoms with Crippen molar-refractivity contribution in [3.8, 4) is 0 Å². The second-order valence-corrected chi connectivity index (χ2v) is 5.36. The van der Waals surface area contributed by atoms with Crippen LogP contribution in [0.4, 0.5) is 0 Å². The summed E-state index contributed by atoms with van der Waals surface area (Å²) in [5, 5.41) is 0.765. The Morgan fingerprint density at radius 2 is 1.89 bits per heavy atom. The number of hydrogen-bond donors (Lipinski definition) is 0. The molecule has 4 nitrogen and oxygen atoms in total. The molecule has 1 aromatic rings. The van der Waals surface area contributed by atoms with Gasteiger partial charge in [-0.2, -0.15) is 0 Å². The first-order chi connectivity index (χ1) is 8.62. The van der Waals surface area contributed by atoms with Crippen molar-refractivity contribution in [3.63, 3.8) is 0 Å². The van der Waals surface area contributed by atoms with Crippen molar-refractivity contribution in [2.75, 3.05) is 19.5 Å². The maximum absolute atomic E-state index is 5.58. The minimum Gasteiger partial charge on any atom is -0.351 e. The molecule has 1 atom stereocenters. The fourth-order valence-corrected chi connectivity index (χ4v) is 2.45. The summed E-state index contributed by atoms with van der Waals surface area (Å²) in [6, 6.07) is 1.95. The van der Waals surface area contributed by atoms with E-state index in [9.17, 15) is 0 Å². The highest BCUT2D eigenvalue weighted by atomic mass is 79.9. The molecule has 1 aromatic heterocycles. The maximum atomic E-state index is 5.58. The zero-order valence-corrected chi connectivity index (χ0v) is 13.5. The molecule has 0 radical (unpaired) electrons. The van der Waals surface area contributed by atoms with Gasteiger partial charge in [0.1, 0.15) is 4.83 Å². The fraction of sp³-hybridized carbons (Fsp3) is 0.667. The average Bonchev–Trinajstić information content (AvgIpc) is 2.36. The molecule has 0 spiro atoms. The van der Waals surface area contributed by atoms with Crippen LogP contribution in [0, 0.1) is 6.92 Å². The summed E-state index contributed by atoms with van der Waals surface area (Å²) in [5.74, 6) is 0. The van der Waals surface area contributed by atoms with Gasteiger partial charge in [0.15, 0.2) is 11.4 Å². The van der Waals surface area contributed by atoms with Crippen molar-refractivity contribution >= 4 is 27.7 Å². The van der Waals surface area contributed by atoms with E-state index in [0.717, 1.165) is 16.5 Å². The number of thioether (sulfide) groups is 1. The zero-order valence-electron chi connectivity index (χ0n) is 11.1. The summed E-state index contributed by atoms with van der Waals surface area (Å²) in [4.78, 5) is 8.73. The van der Waals surface area contributed by atoms with E-state index < -0.39 is 0 Å². The van der Waals surface area contributed by atoms with Crippen molar-refractivity contribution in [1.82, 2.24) is 9.97 Å². The van der Waals surface area contributed by atoms with E-state index in [2.05, 4.69) is 25.9 Å². The van der Waals surface area contributed by atoms with E-state index in [0.29, 0.717) is 13.2 Å². The molecule has 0 fully saturated rings. The Morgan fingerprint density at radius 3 is 2.39 bits per heavy atom.